The van der Waals surface area contributed by atoms with Crippen LogP contribution in [0.3, 0.4) is 0 Å². The lowest BCUT2D eigenvalue weighted by atomic mass is 9.88. The number of aliphatic hydroxyl groups excluding tert-OH is 1. The van der Waals surface area contributed by atoms with Gasteiger partial charge in [-0.05, 0) is 36.4 Å². The molecular weight excluding hydrogens is 579 g/mol. The maximum atomic E-state index is 13.1. The average molecular weight is 601 g/mol. The SMILES string of the molecule is N=C(c1ccc(Cl)cc1)N(C[C@@H](O)C(F)(F)F)C(=O)NCc1ncn(-c2cccnc2C(=O)NC2CC(F)(F)C2)n1. The van der Waals surface area contributed by atoms with Crippen LogP contribution in [0.25, 0.3) is 5.69 Å². The van der Waals surface area contributed by atoms with E-state index in [1.54, 1.807) is 0 Å². The molecule has 41 heavy (non-hydrogen) atoms. The molecule has 3 amide bonds. The highest BCUT2D eigenvalue weighted by molar-refractivity contribution is 6.30. The summed E-state index contributed by atoms with van der Waals surface area (Å²) in [6.45, 7) is -1.67. The maximum absolute atomic E-state index is 13.1. The first-order valence-electron chi connectivity index (χ1n) is 11.9. The molecule has 4 N–H and O–H groups in total. The average Bonchev–Trinajstić information content (AvgIpc) is 3.37. The molecule has 4 rings (SSSR count). The van der Waals surface area contributed by atoms with Crippen LogP contribution in [0.4, 0.5) is 26.7 Å². The molecule has 0 saturated heterocycles. The zero-order chi connectivity index (χ0) is 29.9. The summed E-state index contributed by atoms with van der Waals surface area (Å²) in [7, 11) is 0. The van der Waals surface area contributed by atoms with Gasteiger partial charge >= 0.3 is 12.2 Å². The highest BCUT2D eigenvalue weighted by Gasteiger charge is 2.46. The monoisotopic (exact) mass is 600 g/mol. The minimum absolute atomic E-state index is 0.0264. The summed E-state index contributed by atoms with van der Waals surface area (Å²) < 4.78 is 66.5. The zero-order valence-electron chi connectivity index (χ0n) is 20.9. The molecule has 1 aromatic carbocycles. The summed E-state index contributed by atoms with van der Waals surface area (Å²) in [5, 5.41) is 27.0. The van der Waals surface area contributed by atoms with Crippen molar-refractivity contribution in [2.45, 2.75) is 43.6 Å². The first-order chi connectivity index (χ1) is 19.2. The molecule has 11 nitrogen and oxygen atoms in total. The lowest BCUT2D eigenvalue weighted by Gasteiger charge is -2.35. The predicted molar refractivity (Wildman–Crippen MR) is 134 cm³/mol. The number of amides is 3. The zero-order valence-corrected chi connectivity index (χ0v) is 21.6. The van der Waals surface area contributed by atoms with Gasteiger partial charge in [0.15, 0.2) is 17.6 Å². The van der Waals surface area contributed by atoms with Crippen molar-refractivity contribution in [1.82, 2.24) is 35.3 Å². The number of nitrogens with one attached hydrogen (secondary N) is 3. The molecule has 218 valence electrons. The number of halogens is 6. The van der Waals surface area contributed by atoms with E-state index in [2.05, 4.69) is 25.7 Å². The number of alkyl halides is 5. The van der Waals surface area contributed by atoms with E-state index in [4.69, 9.17) is 17.0 Å². The van der Waals surface area contributed by atoms with Gasteiger partial charge in [0.2, 0.25) is 0 Å². The number of nitrogens with zero attached hydrogens (tertiary/aromatic N) is 5. The van der Waals surface area contributed by atoms with E-state index in [0.717, 1.165) is 4.68 Å². The summed E-state index contributed by atoms with van der Waals surface area (Å²) in [5.41, 5.74) is 0.0989. The number of rotatable bonds is 8. The summed E-state index contributed by atoms with van der Waals surface area (Å²) >= 11 is 5.81. The summed E-state index contributed by atoms with van der Waals surface area (Å²) in [5.74, 6) is -4.19. The fourth-order valence-electron chi connectivity index (χ4n) is 3.83. The smallest absolute Gasteiger partial charge is 0.382 e. The molecular formula is C24H22ClF5N8O3. The third-order valence-corrected chi connectivity index (χ3v) is 6.23. The van der Waals surface area contributed by atoms with Gasteiger partial charge in [0, 0.05) is 35.7 Å². The molecule has 2 heterocycles. The Hall–Kier alpha value is -4.18. The van der Waals surface area contributed by atoms with Gasteiger partial charge in [-0.1, -0.05) is 11.6 Å². The molecule has 2 aromatic heterocycles. The summed E-state index contributed by atoms with van der Waals surface area (Å²) in [6.07, 6.45) is -6.44. The highest BCUT2D eigenvalue weighted by Crippen LogP contribution is 2.37. The number of aromatic nitrogens is 4. The van der Waals surface area contributed by atoms with Crippen molar-refractivity contribution in [1.29, 1.82) is 5.41 Å². The fraction of sp³-hybridized carbons (Fsp3) is 0.333. The lowest BCUT2D eigenvalue weighted by molar-refractivity contribution is -0.204. The Labute approximate surface area is 233 Å². The Morgan fingerprint density at radius 2 is 1.88 bits per heavy atom. The van der Waals surface area contributed by atoms with Crippen LogP contribution in [0.5, 0.6) is 0 Å². The molecule has 0 spiro atoms. The van der Waals surface area contributed by atoms with Crippen LogP contribution in [-0.4, -0.2) is 78.3 Å². The molecule has 0 aliphatic heterocycles. The van der Waals surface area contributed by atoms with Gasteiger partial charge in [-0.2, -0.15) is 13.2 Å². The number of aliphatic hydroxyl groups is 1. The summed E-state index contributed by atoms with van der Waals surface area (Å²) in [6, 6.07) is 6.53. The third kappa shape index (κ3) is 7.32. The van der Waals surface area contributed by atoms with Crippen molar-refractivity contribution in [2.75, 3.05) is 6.54 Å². The van der Waals surface area contributed by atoms with E-state index in [0.29, 0.717) is 9.92 Å². The first-order valence-corrected chi connectivity index (χ1v) is 12.3. The molecule has 1 saturated carbocycles. The van der Waals surface area contributed by atoms with Gasteiger partial charge < -0.3 is 15.7 Å². The van der Waals surface area contributed by atoms with Crippen LogP contribution in [0.2, 0.25) is 5.02 Å². The van der Waals surface area contributed by atoms with E-state index in [1.807, 2.05) is 0 Å². The van der Waals surface area contributed by atoms with Gasteiger partial charge in [0.1, 0.15) is 12.2 Å². The molecule has 1 atom stereocenters. The Morgan fingerprint density at radius 3 is 2.51 bits per heavy atom. The van der Waals surface area contributed by atoms with E-state index in [9.17, 15) is 36.6 Å². The van der Waals surface area contributed by atoms with Crippen LogP contribution in [-0.2, 0) is 6.54 Å². The van der Waals surface area contributed by atoms with Crippen molar-refractivity contribution in [2.24, 2.45) is 0 Å². The number of pyridine rings is 1. The number of benzene rings is 1. The molecule has 1 aliphatic carbocycles. The van der Waals surface area contributed by atoms with Crippen LogP contribution >= 0.6 is 11.6 Å². The Bertz CT molecular complexity index is 1430. The molecule has 0 radical (unpaired) electrons. The quantitative estimate of drug-likeness (QED) is 0.177. The Balaban J connectivity index is 1.46. The minimum Gasteiger partial charge on any atom is -0.382 e. The van der Waals surface area contributed by atoms with Crippen molar-refractivity contribution in [3.8, 4) is 5.69 Å². The molecule has 1 aliphatic rings. The van der Waals surface area contributed by atoms with Gasteiger partial charge in [-0.3, -0.25) is 15.1 Å². The molecule has 17 heteroatoms. The molecule has 0 bridgehead atoms. The van der Waals surface area contributed by atoms with E-state index in [1.165, 1.54) is 48.9 Å². The second-order valence-corrected chi connectivity index (χ2v) is 9.53. The largest absolute Gasteiger partial charge is 0.416 e. The Morgan fingerprint density at radius 1 is 1.20 bits per heavy atom. The second-order valence-electron chi connectivity index (χ2n) is 9.09. The fourth-order valence-corrected chi connectivity index (χ4v) is 3.96. The van der Waals surface area contributed by atoms with Gasteiger partial charge in [-0.15, -0.1) is 5.10 Å². The van der Waals surface area contributed by atoms with Gasteiger partial charge in [0.05, 0.1) is 18.8 Å². The normalized spacial score (nSPS) is 15.5. The van der Waals surface area contributed by atoms with Crippen molar-refractivity contribution >= 4 is 29.4 Å². The first kappa shape index (κ1) is 29.8. The van der Waals surface area contributed by atoms with Crippen LogP contribution in [0.1, 0.15) is 34.7 Å². The summed E-state index contributed by atoms with van der Waals surface area (Å²) in [4.78, 5) is 33.9. The number of hydrogen-bond donors (Lipinski definition) is 4. The number of urea groups is 1. The van der Waals surface area contributed by atoms with Crippen molar-refractivity contribution in [3.05, 3.63) is 71.0 Å². The van der Waals surface area contributed by atoms with Crippen molar-refractivity contribution in [3.63, 3.8) is 0 Å². The molecule has 0 unspecified atom stereocenters. The van der Waals surface area contributed by atoms with Crippen LogP contribution in [0, 0.1) is 5.41 Å². The van der Waals surface area contributed by atoms with E-state index < -0.39 is 67.9 Å². The highest BCUT2D eigenvalue weighted by atomic mass is 35.5. The number of carbonyl (C=O) groups excluding carboxylic acids is 2. The maximum Gasteiger partial charge on any atom is 0.416 e. The third-order valence-electron chi connectivity index (χ3n) is 5.98. The topological polar surface area (TPSA) is 149 Å². The molecule has 1 fully saturated rings. The predicted octanol–water partition coefficient (Wildman–Crippen LogP) is 3.30. The number of amidine groups is 1. The standard InChI is InChI=1S/C24H22ClF5N8O3/c25-14-5-3-13(4-6-14)20(31)37(11-17(39)24(28,29)30)22(41)33-10-18-34-12-38(36-18)16-2-1-7-32-19(16)21(40)35-15-8-23(26,27)9-15/h1-7,12,15,17,31,39H,8-11H2,(H,33,41)(H,35,40)/t17-/m1/s1. The lowest BCUT2D eigenvalue weighted by Crippen LogP contribution is -2.50. The minimum atomic E-state index is -5.05. The number of hydrogen-bond acceptors (Lipinski definition) is 7. The Kier molecular flexibility index (Phi) is 8.53. The van der Waals surface area contributed by atoms with Crippen LogP contribution < -0.4 is 10.6 Å². The van der Waals surface area contributed by atoms with Gasteiger partial charge in [0.25, 0.3) is 11.8 Å². The van der Waals surface area contributed by atoms with E-state index >= 15 is 0 Å². The molecule has 3 aromatic rings. The van der Waals surface area contributed by atoms with Gasteiger partial charge in [-0.25, -0.2) is 28.2 Å². The van der Waals surface area contributed by atoms with E-state index in [-0.39, 0.29) is 22.8 Å². The van der Waals surface area contributed by atoms with Crippen LogP contribution in [0.15, 0.2) is 48.9 Å². The second kappa shape index (κ2) is 11.7. The number of carbonyl (C=O) groups is 2. The van der Waals surface area contributed by atoms with Crippen molar-refractivity contribution < 1.29 is 36.6 Å².